The number of ether oxygens (including phenoxy) is 1. The lowest BCUT2D eigenvalue weighted by Crippen LogP contribution is -2.31. The SMILES string of the molecule is C#CCNC(=O)COC(=O)c1cccc(S(=O)(=O)N(CC)c2ccccc2)c1. The van der Waals surface area contributed by atoms with Crippen LogP contribution in [-0.2, 0) is 19.6 Å². The Balaban J connectivity index is 2.20. The van der Waals surface area contributed by atoms with Crippen molar-refractivity contribution < 1.29 is 22.7 Å². The summed E-state index contributed by atoms with van der Waals surface area (Å²) in [6.45, 7) is 1.45. The van der Waals surface area contributed by atoms with Crippen molar-refractivity contribution in [2.75, 3.05) is 24.0 Å². The molecule has 0 atom stereocenters. The molecule has 146 valence electrons. The normalized spacial score (nSPS) is 10.6. The Labute approximate surface area is 164 Å². The van der Waals surface area contributed by atoms with Crippen LogP contribution in [0.15, 0.2) is 59.5 Å². The second kappa shape index (κ2) is 9.58. The summed E-state index contributed by atoms with van der Waals surface area (Å²) in [4.78, 5) is 23.6. The second-order valence-electron chi connectivity index (χ2n) is 5.59. The van der Waals surface area contributed by atoms with Crippen LogP contribution in [0.25, 0.3) is 0 Å². The maximum Gasteiger partial charge on any atom is 0.338 e. The van der Waals surface area contributed by atoms with Crippen LogP contribution in [0.4, 0.5) is 5.69 Å². The summed E-state index contributed by atoms with van der Waals surface area (Å²) in [5, 5.41) is 2.36. The van der Waals surface area contributed by atoms with Gasteiger partial charge < -0.3 is 10.1 Å². The number of benzene rings is 2. The number of nitrogens with zero attached hydrogens (tertiary/aromatic N) is 1. The molecule has 8 heteroatoms. The average molecular weight is 400 g/mol. The number of hydrogen-bond acceptors (Lipinski definition) is 5. The Kier molecular flexibility index (Phi) is 7.18. The molecule has 1 amide bonds. The van der Waals surface area contributed by atoms with E-state index in [0.717, 1.165) is 0 Å². The van der Waals surface area contributed by atoms with Gasteiger partial charge in [-0.15, -0.1) is 6.42 Å². The van der Waals surface area contributed by atoms with Gasteiger partial charge in [0.2, 0.25) is 0 Å². The van der Waals surface area contributed by atoms with E-state index in [2.05, 4.69) is 11.2 Å². The standard InChI is InChI=1S/C20H20N2O5S/c1-3-13-21-19(23)15-27-20(24)16-9-8-12-18(14-16)28(25,26)22(4-2)17-10-6-5-7-11-17/h1,5-12,14H,4,13,15H2,2H3,(H,21,23). The molecule has 0 radical (unpaired) electrons. The highest BCUT2D eigenvalue weighted by atomic mass is 32.2. The van der Waals surface area contributed by atoms with E-state index in [9.17, 15) is 18.0 Å². The molecule has 0 aliphatic rings. The lowest BCUT2D eigenvalue weighted by molar-refractivity contribution is -0.123. The van der Waals surface area contributed by atoms with E-state index >= 15 is 0 Å². The van der Waals surface area contributed by atoms with Crippen LogP contribution in [0.3, 0.4) is 0 Å². The monoisotopic (exact) mass is 400 g/mol. The van der Waals surface area contributed by atoms with E-state index in [1.54, 1.807) is 37.3 Å². The molecule has 0 unspecified atom stereocenters. The molecule has 7 nitrogen and oxygen atoms in total. The number of anilines is 1. The molecule has 1 N–H and O–H groups in total. The van der Waals surface area contributed by atoms with Gasteiger partial charge in [-0.05, 0) is 37.3 Å². The zero-order valence-electron chi connectivity index (χ0n) is 15.3. The molecular weight excluding hydrogens is 380 g/mol. The van der Waals surface area contributed by atoms with Gasteiger partial charge in [-0.2, -0.15) is 0 Å². The van der Waals surface area contributed by atoms with Crippen LogP contribution >= 0.6 is 0 Å². The Morgan fingerprint density at radius 1 is 1.14 bits per heavy atom. The first-order chi connectivity index (χ1) is 13.4. The van der Waals surface area contributed by atoms with Crippen LogP contribution in [0, 0.1) is 12.3 Å². The number of sulfonamides is 1. The van der Waals surface area contributed by atoms with Gasteiger partial charge in [-0.1, -0.05) is 30.2 Å². The van der Waals surface area contributed by atoms with Crippen molar-refractivity contribution in [2.24, 2.45) is 0 Å². The molecule has 28 heavy (non-hydrogen) atoms. The average Bonchev–Trinajstić information content (AvgIpc) is 2.71. The zero-order chi connectivity index (χ0) is 20.6. The molecule has 0 aromatic heterocycles. The molecule has 0 saturated heterocycles. The molecule has 2 aromatic carbocycles. The van der Waals surface area contributed by atoms with Crippen molar-refractivity contribution in [3.8, 4) is 12.3 Å². The third kappa shape index (κ3) is 5.11. The largest absolute Gasteiger partial charge is 0.452 e. The lowest BCUT2D eigenvalue weighted by Gasteiger charge is -2.23. The lowest BCUT2D eigenvalue weighted by atomic mass is 10.2. The topological polar surface area (TPSA) is 92.8 Å². The van der Waals surface area contributed by atoms with Crippen LogP contribution in [0.2, 0.25) is 0 Å². The Bertz CT molecular complexity index is 981. The number of esters is 1. The fourth-order valence-electron chi connectivity index (χ4n) is 2.41. The van der Waals surface area contributed by atoms with E-state index in [1.165, 1.54) is 28.6 Å². The number of amides is 1. The van der Waals surface area contributed by atoms with Gasteiger partial charge in [-0.3, -0.25) is 9.10 Å². The van der Waals surface area contributed by atoms with Gasteiger partial charge in [0.15, 0.2) is 6.61 Å². The summed E-state index contributed by atoms with van der Waals surface area (Å²) in [7, 11) is -3.88. The van der Waals surface area contributed by atoms with Gasteiger partial charge in [0.1, 0.15) is 0 Å². The van der Waals surface area contributed by atoms with Gasteiger partial charge in [0.25, 0.3) is 15.9 Å². The Morgan fingerprint density at radius 3 is 2.50 bits per heavy atom. The first-order valence-corrected chi connectivity index (χ1v) is 9.89. The van der Waals surface area contributed by atoms with Crippen LogP contribution < -0.4 is 9.62 Å². The van der Waals surface area contributed by atoms with E-state index in [-0.39, 0.29) is 23.5 Å². The van der Waals surface area contributed by atoms with Crippen LogP contribution in [0.1, 0.15) is 17.3 Å². The molecule has 0 fully saturated rings. The molecular formula is C20H20N2O5S. The van der Waals surface area contributed by atoms with E-state index < -0.39 is 28.5 Å². The number of carbonyl (C=O) groups excluding carboxylic acids is 2. The first-order valence-electron chi connectivity index (χ1n) is 8.45. The second-order valence-corrected chi connectivity index (χ2v) is 7.45. The Morgan fingerprint density at radius 2 is 1.86 bits per heavy atom. The van der Waals surface area contributed by atoms with Crippen molar-refractivity contribution in [1.82, 2.24) is 5.32 Å². The molecule has 0 aliphatic heterocycles. The van der Waals surface area contributed by atoms with E-state index in [0.29, 0.717) is 5.69 Å². The number of hydrogen-bond donors (Lipinski definition) is 1. The highest BCUT2D eigenvalue weighted by molar-refractivity contribution is 7.92. The maximum atomic E-state index is 13.0. The van der Waals surface area contributed by atoms with Gasteiger partial charge in [-0.25, -0.2) is 13.2 Å². The fraction of sp³-hybridized carbons (Fsp3) is 0.200. The van der Waals surface area contributed by atoms with Gasteiger partial charge >= 0.3 is 5.97 Å². The number of carbonyl (C=O) groups is 2. The van der Waals surface area contributed by atoms with E-state index in [4.69, 9.17) is 11.2 Å². The summed E-state index contributed by atoms with van der Waals surface area (Å²) in [6, 6.07) is 14.1. The Hall–Kier alpha value is -3.31. The smallest absolute Gasteiger partial charge is 0.338 e. The van der Waals surface area contributed by atoms with Gasteiger partial charge in [0, 0.05) is 6.54 Å². The van der Waals surface area contributed by atoms with Crippen molar-refractivity contribution >= 4 is 27.6 Å². The van der Waals surface area contributed by atoms with Gasteiger partial charge in [0.05, 0.1) is 22.7 Å². The number of rotatable bonds is 8. The van der Waals surface area contributed by atoms with E-state index in [1.807, 2.05) is 0 Å². The van der Waals surface area contributed by atoms with Crippen molar-refractivity contribution in [1.29, 1.82) is 0 Å². The molecule has 0 spiro atoms. The molecule has 2 rings (SSSR count). The molecule has 0 heterocycles. The maximum absolute atomic E-state index is 13.0. The summed E-state index contributed by atoms with van der Waals surface area (Å²) < 4.78 is 32.2. The molecule has 2 aromatic rings. The number of para-hydroxylation sites is 1. The predicted octanol–water partition coefficient (Wildman–Crippen LogP) is 1.81. The summed E-state index contributed by atoms with van der Waals surface area (Å²) in [5.41, 5.74) is 0.540. The molecule has 0 aliphatic carbocycles. The minimum absolute atomic E-state index is 0.0231. The minimum Gasteiger partial charge on any atom is -0.452 e. The van der Waals surface area contributed by atoms with Crippen molar-refractivity contribution in [3.63, 3.8) is 0 Å². The van der Waals surface area contributed by atoms with Crippen LogP contribution in [-0.4, -0.2) is 40.0 Å². The quantitative estimate of drug-likeness (QED) is 0.539. The first kappa shape index (κ1) is 21.0. The third-order valence-electron chi connectivity index (χ3n) is 3.71. The zero-order valence-corrected chi connectivity index (χ0v) is 16.1. The molecule has 0 bridgehead atoms. The predicted molar refractivity (Wildman–Crippen MR) is 105 cm³/mol. The van der Waals surface area contributed by atoms with Crippen molar-refractivity contribution in [3.05, 3.63) is 60.2 Å². The summed E-state index contributed by atoms with van der Waals surface area (Å²) >= 11 is 0. The summed E-state index contributed by atoms with van der Waals surface area (Å²) in [5.74, 6) is 0.873. The third-order valence-corrected chi connectivity index (χ3v) is 5.61. The van der Waals surface area contributed by atoms with Crippen molar-refractivity contribution in [2.45, 2.75) is 11.8 Å². The summed E-state index contributed by atoms with van der Waals surface area (Å²) in [6.07, 6.45) is 5.03. The highest BCUT2D eigenvalue weighted by Gasteiger charge is 2.24. The minimum atomic E-state index is -3.88. The number of nitrogens with one attached hydrogen (secondary N) is 1. The number of terminal acetylenes is 1. The molecule has 0 saturated carbocycles. The van der Waals surface area contributed by atoms with Crippen LogP contribution in [0.5, 0.6) is 0 Å². The highest BCUT2D eigenvalue weighted by Crippen LogP contribution is 2.24. The fourth-order valence-corrected chi connectivity index (χ4v) is 3.93.